The number of rotatable bonds is 4. The number of piperidine rings is 1. The molecule has 0 atom stereocenters. The average Bonchev–Trinajstić information content (AvgIpc) is 2.51. The number of benzene rings is 1. The smallest absolute Gasteiger partial charge is 0.132 e. The van der Waals surface area contributed by atoms with Gasteiger partial charge in [-0.05, 0) is 62.7 Å². The van der Waals surface area contributed by atoms with E-state index in [2.05, 4.69) is 22.2 Å². The molecule has 1 aromatic carbocycles. The highest BCUT2D eigenvalue weighted by atomic mass is 19.1. The van der Waals surface area contributed by atoms with Crippen molar-refractivity contribution in [3.8, 4) is 0 Å². The zero-order valence-electron chi connectivity index (χ0n) is 12.5. The molecule has 21 heavy (non-hydrogen) atoms. The largest absolute Gasteiger partial charge is 0.317 e. The van der Waals surface area contributed by atoms with E-state index >= 15 is 0 Å². The summed E-state index contributed by atoms with van der Waals surface area (Å²) < 4.78 is 13.8. The SMILES string of the molecule is CN(Cc1ccc(F)c2cccnc12)CC1CCNCC1. The number of pyridine rings is 1. The van der Waals surface area contributed by atoms with E-state index in [0.717, 1.165) is 43.2 Å². The third-order valence-electron chi connectivity index (χ3n) is 4.27. The van der Waals surface area contributed by atoms with E-state index in [-0.39, 0.29) is 5.82 Å². The number of hydrogen-bond donors (Lipinski definition) is 1. The van der Waals surface area contributed by atoms with Crippen molar-refractivity contribution >= 4 is 10.9 Å². The molecule has 1 aliphatic rings. The van der Waals surface area contributed by atoms with Crippen LogP contribution in [0.3, 0.4) is 0 Å². The molecule has 1 aliphatic heterocycles. The van der Waals surface area contributed by atoms with Crippen molar-refractivity contribution in [1.29, 1.82) is 0 Å². The summed E-state index contributed by atoms with van der Waals surface area (Å²) in [6.45, 7) is 4.16. The van der Waals surface area contributed by atoms with Crippen molar-refractivity contribution in [3.05, 3.63) is 41.8 Å². The van der Waals surface area contributed by atoms with Crippen molar-refractivity contribution < 1.29 is 4.39 Å². The lowest BCUT2D eigenvalue weighted by atomic mass is 9.97. The Morgan fingerprint density at radius 3 is 2.90 bits per heavy atom. The number of aromatic nitrogens is 1. The molecule has 0 saturated carbocycles. The van der Waals surface area contributed by atoms with Crippen LogP contribution in [0.4, 0.5) is 4.39 Å². The topological polar surface area (TPSA) is 28.2 Å². The molecule has 0 radical (unpaired) electrons. The van der Waals surface area contributed by atoms with Crippen LogP contribution in [0.15, 0.2) is 30.5 Å². The highest BCUT2D eigenvalue weighted by Crippen LogP contribution is 2.21. The molecule has 3 rings (SSSR count). The van der Waals surface area contributed by atoms with Crippen LogP contribution in [-0.4, -0.2) is 36.6 Å². The van der Waals surface area contributed by atoms with Gasteiger partial charge in [-0.25, -0.2) is 4.39 Å². The maximum Gasteiger partial charge on any atom is 0.132 e. The fraction of sp³-hybridized carbons (Fsp3) is 0.471. The van der Waals surface area contributed by atoms with Crippen molar-refractivity contribution in [2.45, 2.75) is 19.4 Å². The Hall–Kier alpha value is -1.52. The molecule has 0 spiro atoms. The van der Waals surface area contributed by atoms with Crippen molar-refractivity contribution in [3.63, 3.8) is 0 Å². The number of hydrogen-bond acceptors (Lipinski definition) is 3. The lowest BCUT2D eigenvalue weighted by Crippen LogP contribution is -2.34. The first-order valence-corrected chi connectivity index (χ1v) is 7.65. The molecule has 0 bridgehead atoms. The zero-order chi connectivity index (χ0) is 14.7. The number of fused-ring (bicyclic) bond motifs is 1. The Bertz CT molecular complexity index is 608. The summed E-state index contributed by atoms with van der Waals surface area (Å²) in [7, 11) is 2.14. The maximum absolute atomic E-state index is 13.8. The number of nitrogens with one attached hydrogen (secondary N) is 1. The molecule has 0 unspecified atom stereocenters. The fourth-order valence-electron chi connectivity index (χ4n) is 3.18. The van der Waals surface area contributed by atoms with Gasteiger partial charge in [0, 0.05) is 24.7 Å². The predicted molar refractivity (Wildman–Crippen MR) is 83.6 cm³/mol. The molecule has 0 aliphatic carbocycles. The molecular formula is C17H22FN3. The van der Waals surface area contributed by atoms with E-state index in [0.29, 0.717) is 5.39 Å². The molecular weight excluding hydrogens is 265 g/mol. The molecule has 1 fully saturated rings. The lowest BCUT2D eigenvalue weighted by molar-refractivity contribution is 0.235. The summed E-state index contributed by atoms with van der Waals surface area (Å²) in [6.07, 6.45) is 4.22. The summed E-state index contributed by atoms with van der Waals surface area (Å²) in [4.78, 5) is 6.70. The molecule has 2 heterocycles. The normalized spacial score (nSPS) is 16.7. The fourth-order valence-corrected chi connectivity index (χ4v) is 3.18. The molecule has 1 saturated heterocycles. The molecule has 1 N–H and O–H groups in total. The summed E-state index contributed by atoms with van der Waals surface area (Å²) in [6, 6.07) is 7.00. The Labute approximate surface area is 125 Å². The summed E-state index contributed by atoms with van der Waals surface area (Å²) in [5.74, 6) is 0.568. The van der Waals surface area contributed by atoms with E-state index in [4.69, 9.17) is 0 Å². The highest BCUT2D eigenvalue weighted by molar-refractivity contribution is 5.82. The average molecular weight is 287 g/mol. The molecule has 2 aromatic rings. The maximum atomic E-state index is 13.8. The first-order valence-electron chi connectivity index (χ1n) is 7.65. The zero-order valence-corrected chi connectivity index (χ0v) is 12.5. The Morgan fingerprint density at radius 2 is 2.10 bits per heavy atom. The van der Waals surface area contributed by atoms with Crippen LogP contribution in [0, 0.1) is 11.7 Å². The minimum Gasteiger partial charge on any atom is -0.317 e. The molecule has 4 heteroatoms. The Morgan fingerprint density at radius 1 is 1.29 bits per heavy atom. The van der Waals surface area contributed by atoms with Crippen LogP contribution in [0.25, 0.3) is 10.9 Å². The van der Waals surface area contributed by atoms with Gasteiger partial charge in [-0.3, -0.25) is 4.98 Å². The van der Waals surface area contributed by atoms with Crippen molar-refractivity contribution in [1.82, 2.24) is 15.2 Å². The third kappa shape index (κ3) is 3.39. The van der Waals surface area contributed by atoms with Crippen molar-refractivity contribution in [2.24, 2.45) is 5.92 Å². The van der Waals surface area contributed by atoms with Gasteiger partial charge in [0.1, 0.15) is 5.82 Å². The predicted octanol–water partition coefficient (Wildman–Crippen LogP) is 2.81. The van der Waals surface area contributed by atoms with E-state index in [1.54, 1.807) is 24.4 Å². The van der Waals surface area contributed by atoms with Crippen LogP contribution in [0.5, 0.6) is 0 Å². The van der Waals surface area contributed by atoms with E-state index in [1.807, 2.05) is 6.07 Å². The van der Waals surface area contributed by atoms with Gasteiger partial charge in [-0.2, -0.15) is 0 Å². The number of halogens is 1. The van der Waals surface area contributed by atoms with Crippen LogP contribution in [-0.2, 0) is 6.54 Å². The first-order chi connectivity index (χ1) is 10.2. The second kappa shape index (κ2) is 6.50. The second-order valence-electron chi connectivity index (χ2n) is 6.00. The quantitative estimate of drug-likeness (QED) is 0.937. The van der Waals surface area contributed by atoms with Gasteiger partial charge < -0.3 is 10.2 Å². The van der Waals surface area contributed by atoms with Crippen LogP contribution < -0.4 is 5.32 Å². The van der Waals surface area contributed by atoms with Crippen LogP contribution in [0.1, 0.15) is 18.4 Å². The van der Waals surface area contributed by atoms with Gasteiger partial charge in [0.05, 0.1) is 5.52 Å². The number of nitrogens with zero attached hydrogens (tertiary/aromatic N) is 2. The van der Waals surface area contributed by atoms with Gasteiger partial charge in [0.15, 0.2) is 0 Å². The summed E-state index contributed by atoms with van der Waals surface area (Å²) >= 11 is 0. The standard InChI is InChI=1S/C17H22FN3/c1-21(11-13-6-9-19-10-7-13)12-14-4-5-16(18)15-3-2-8-20-17(14)15/h2-5,8,13,19H,6-7,9-12H2,1H3. The van der Waals surface area contributed by atoms with Crippen molar-refractivity contribution in [2.75, 3.05) is 26.7 Å². The minimum absolute atomic E-state index is 0.192. The Balaban J connectivity index is 1.73. The molecule has 1 aromatic heterocycles. The van der Waals surface area contributed by atoms with Gasteiger partial charge in [0.2, 0.25) is 0 Å². The minimum atomic E-state index is -0.192. The molecule has 112 valence electrons. The molecule has 3 nitrogen and oxygen atoms in total. The monoisotopic (exact) mass is 287 g/mol. The van der Waals surface area contributed by atoms with Gasteiger partial charge in [-0.1, -0.05) is 6.07 Å². The van der Waals surface area contributed by atoms with E-state index in [1.165, 1.54) is 12.8 Å². The highest BCUT2D eigenvalue weighted by Gasteiger charge is 2.16. The van der Waals surface area contributed by atoms with Crippen LogP contribution in [0.2, 0.25) is 0 Å². The van der Waals surface area contributed by atoms with Crippen LogP contribution >= 0.6 is 0 Å². The van der Waals surface area contributed by atoms with Gasteiger partial charge in [0.25, 0.3) is 0 Å². The first kappa shape index (κ1) is 14.4. The van der Waals surface area contributed by atoms with E-state index in [9.17, 15) is 4.39 Å². The van der Waals surface area contributed by atoms with E-state index < -0.39 is 0 Å². The van der Waals surface area contributed by atoms with Gasteiger partial charge >= 0.3 is 0 Å². The Kier molecular flexibility index (Phi) is 4.46. The summed E-state index contributed by atoms with van der Waals surface area (Å²) in [5.41, 5.74) is 1.89. The van der Waals surface area contributed by atoms with Gasteiger partial charge in [-0.15, -0.1) is 0 Å². The lowest BCUT2D eigenvalue weighted by Gasteiger charge is -2.27. The third-order valence-corrected chi connectivity index (χ3v) is 4.27. The summed E-state index contributed by atoms with van der Waals surface area (Å²) in [5, 5.41) is 4.01. The molecule has 0 amide bonds. The second-order valence-corrected chi connectivity index (χ2v) is 6.00.